The third kappa shape index (κ3) is 8.50. The first-order valence-electron chi connectivity index (χ1n) is 15.6. The molecule has 0 bridgehead atoms. The molecule has 5 rings (SSSR count). The highest BCUT2D eigenvalue weighted by atomic mass is 35.5. The van der Waals surface area contributed by atoms with Gasteiger partial charge in [0.15, 0.2) is 23.9 Å². The molecule has 0 spiro atoms. The summed E-state index contributed by atoms with van der Waals surface area (Å²) in [5, 5.41) is 11.9. The first kappa shape index (κ1) is 37.3. The number of amides is 1. The Kier molecular flexibility index (Phi) is 11.6. The second-order valence-corrected chi connectivity index (χ2v) is 14.8. The maximum absolute atomic E-state index is 14.0. The number of methoxy groups -OCH3 is 1. The van der Waals surface area contributed by atoms with Crippen LogP contribution >= 0.6 is 23.2 Å². The third-order valence-corrected chi connectivity index (χ3v) is 10.9. The number of carbonyl (C=O) groups excluding carboxylic acids is 2. The van der Waals surface area contributed by atoms with E-state index in [2.05, 4.69) is 4.74 Å². The Bertz CT molecular complexity index is 1840. The summed E-state index contributed by atoms with van der Waals surface area (Å²) >= 11 is 12.7. The Morgan fingerprint density at radius 2 is 1.72 bits per heavy atom. The summed E-state index contributed by atoms with van der Waals surface area (Å²) in [5.41, 5.74) is 0.553. The lowest BCUT2D eigenvalue weighted by Gasteiger charge is -2.26. The molecule has 3 aromatic rings. The smallest absolute Gasteiger partial charge is 0.387 e. The van der Waals surface area contributed by atoms with Gasteiger partial charge in [0.1, 0.15) is 27.9 Å². The Balaban J connectivity index is 1.48. The molecule has 2 atom stereocenters. The van der Waals surface area contributed by atoms with Crippen LogP contribution in [0.25, 0.3) is 0 Å². The number of alkyl halides is 2. The van der Waals surface area contributed by atoms with Crippen molar-refractivity contribution >= 4 is 45.1 Å². The zero-order valence-corrected chi connectivity index (χ0v) is 29.6. The number of carbonyl (C=O) groups is 2. The average molecular weight is 759 g/mol. The Morgan fingerprint density at radius 3 is 2.34 bits per heavy atom. The fourth-order valence-electron chi connectivity index (χ4n) is 5.53. The van der Waals surface area contributed by atoms with Gasteiger partial charge in [0.25, 0.3) is 5.91 Å². The van der Waals surface area contributed by atoms with Crippen LogP contribution in [0, 0.1) is 11.1 Å². The summed E-state index contributed by atoms with van der Waals surface area (Å²) in [6.07, 6.45) is 3.10. The van der Waals surface area contributed by atoms with E-state index in [1.54, 1.807) is 0 Å². The van der Waals surface area contributed by atoms with Crippen molar-refractivity contribution in [2.45, 2.75) is 55.8 Å². The number of rotatable bonds is 14. The Morgan fingerprint density at radius 1 is 1.04 bits per heavy atom. The van der Waals surface area contributed by atoms with Crippen molar-refractivity contribution in [3.05, 3.63) is 80.7 Å². The lowest BCUT2D eigenvalue weighted by molar-refractivity contribution is -0.605. The van der Waals surface area contributed by atoms with Gasteiger partial charge in [-0.2, -0.15) is 17.8 Å². The molecule has 0 radical (unpaired) electrons. The number of ether oxygens (including phenoxy) is 4. The standard InChI is InChI=1S/C33H35Cl2F2N3O9S/c1-38(2)31(41)23-14-21(9-11-27(23)46-3)50(44,45)40-12-4-5-26(40)32(42)48-29(15-22-24(34)16-39(43)17-25(22)35)20-8-10-28(49-33(36)37)30(13-20)47-18-19-6-7-19/h8-11,13-14,16-17,19,26,29,33H,4-7,12,15,18H2,1-3H3/t26-,29-/m0/s1. The molecule has 1 aromatic heterocycles. The summed E-state index contributed by atoms with van der Waals surface area (Å²) in [4.78, 5) is 27.8. The van der Waals surface area contributed by atoms with E-state index >= 15 is 0 Å². The number of pyridine rings is 1. The van der Waals surface area contributed by atoms with Gasteiger partial charge in [0.2, 0.25) is 10.0 Å². The van der Waals surface area contributed by atoms with Gasteiger partial charge in [0.05, 0.1) is 24.2 Å². The minimum Gasteiger partial charge on any atom is -0.619 e. The monoisotopic (exact) mass is 757 g/mol. The zero-order chi connectivity index (χ0) is 36.3. The zero-order valence-electron chi connectivity index (χ0n) is 27.3. The molecule has 50 heavy (non-hydrogen) atoms. The number of sulfonamides is 1. The third-order valence-electron chi connectivity index (χ3n) is 8.32. The van der Waals surface area contributed by atoms with Gasteiger partial charge in [-0.3, -0.25) is 9.59 Å². The van der Waals surface area contributed by atoms with Crippen molar-refractivity contribution in [2.24, 2.45) is 5.92 Å². The molecule has 2 heterocycles. The van der Waals surface area contributed by atoms with E-state index in [1.165, 1.54) is 62.5 Å². The molecule has 17 heteroatoms. The van der Waals surface area contributed by atoms with E-state index in [1.807, 2.05) is 0 Å². The van der Waals surface area contributed by atoms with Crippen molar-refractivity contribution in [3.63, 3.8) is 0 Å². The predicted molar refractivity (Wildman–Crippen MR) is 177 cm³/mol. The van der Waals surface area contributed by atoms with E-state index in [0.717, 1.165) is 29.5 Å². The van der Waals surface area contributed by atoms with Crippen LogP contribution in [-0.4, -0.2) is 76.5 Å². The molecule has 1 amide bonds. The highest BCUT2D eigenvalue weighted by Crippen LogP contribution is 2.39. The maximum atomic E-state index is 14.0. The fourth-order valence-corrected chi connectivity index (χ4v) is 7.81. The van der Waals surface area contributed by atoms with E-state index in [-0.39, 0.29) is 80.8 Å². The Labute approximate surface area is 298 Å². The summed E-state index contributed by atoms with van der Waals surface area (Å²) in [6, 6.07) is 6.67. The molecule has 2 aromatic carbocycles. The number of benzene rings is 2. The molecule has 12 nitrogen and oxygen atoms in total. The van der Waals surface area contributed by atoms with E-state index in [0.29, 0.717) is 11.2 Å². The summed E-state index contributed by atoms with van der Waals surface area (Å²) < 4.78 is 77.6. The number of nitrogens with zero attached hydrogens (tertiary/aromatic N) is 3. The highest BCUT2D eigenvalue weighted by Gasteiger charge is 2.42. The van der Waals surface area contributed by atoms with Gasteiger partial charge in [-0.05, 0) is 67.5 Å². The topological polar surface area (TPSA) is 139 Å². The molecular formula is C33H35Cl2F2N3O9S. The normalized spacial score (nSPS) is 17.0. The van der Waals surface area contributed by atoms with Gasteiger partial charge in [-0.1, -0.05) is 29.3 Å². The summed E-state index contributed by atoms with van der Waals surface area (Å²) in [6.45, 7) is -2.87. The summed E-state index contributed by atoms with van der Waals surface area (Å²) in [5.74, 6) is -1.17. The van der Waals surface area contributed by atoms with E-state index in [4.69, 9.17) is 37.4 Å². The molecule has 1 saturated heterocycles. The van der Waals surface area contributed by atoms with Crippen LogP contribution in [0.1, 0.15) is 53.3 Å². The SMILES string of the molecule is COc1ccc(S(=O)(=O)N2CCC[C@H]2C(=O)O[C@@H](Cc2c(Cl)c[n+]([O-])cc2Cl)c2ccc(OC(F)F)c(OCC3CC3)c2)cc1C(=O)N(C)C. The number of hydrogen-bond donors (Lipinski definition) is 0. The summed E-state index contributed by atoms with van der Waals surface area (Å²) in [7, 11) is 0.0553. The van der Waals surface area contributed by atoms with Gasteiger partial charge in [-0.25, -0.2) is 8.42 Å². The molecule has 2 aliphatic rings. The molecule has 1 aliphatic heterocycles. The number of hydrogen-bond acceptors (Lipinski definition) is 9. The highest BCUT2D eigenvalue weighted by molar-refractivity contribution is 7.89. The van der Waals surface area contributed by atoms with Crippen molar-refractivity contribution in [3.8, 4) is 17.2 Å². The molecule has 1 aliphatic carbocycles. The lowest BCUT2D eigenvalue weighted by atomic mass is 10.0. The van der Waals surface area contributed by atoms with Crippen LogP contribution in [0.5, 0.6) is 17.2 Å². The van der Waals surface area contributed by atoms with E-state index < -0.39 is 40.7 Å². The van der Waals surface area contributed by atoms with Crippen LogP contribution in [0.4, 0.5) is 8.78 Å². The second kappa shape index (κ2) is 15.5. The molecule has 2 fully saturated rings. The number of halogens is 4. The van der Waals surface area contributed by atoms with Crippen LogP contribution in [0.15, 0.2) is 53.7 Å². The molecule has 270 valence electrons. The van der Waals surface area contributed by atoms with Gasteiger partial charge in [-0.15, -0.1) is 0 Å². The molecule has 0 N–H and O–H groups in total. The van der Waals surface area contributed by atoms with Crippen LogP contribution in [-0.2, 0) is 26.0 Å². The second-order valence-electron chi connectivity index (χ2n) is 12.1. The van der Waals surface area contributed by atoms with Gasteiger partial charge >= 0.3 is 12.6 Å². The fraction of sp³-hybridized carbons (Fsp3) is 0.424. The van der Waals surface area contributed by atoms with Crippen molar-refractivity contribution in [1.29, 1.82) is 0 Å². The molecular weight excluding hydrogens is 723 g/mol. The predicted octanol–water partition coefficient (Wildman–Crippen LogP) is 5.41. The van der Waals surface area contributed by atoms with Crippen molar-refractivity contribution in [1.82, 2.24) is 9.21 Å². The largest absolute Gasteiger partial charge is 0.619 e. The van der Waals surface area contributed by atoms with E-state index in [9.17, 15) is 32.0 Å². The quantitative estimate of drug-likeness (QED) is 0.120. The first-order chi connectivity index (χ1) is 23.7. The molecule has 0 unspecified atom stereocenters. The van der Waals surface area contributed by atoms with Crippen molar-refractivity contribution < 1.29 is 50.5 Å². The number of aromatic nitrogens is 1. The van der Waals surface area contributed by atoms with Crippen LogP contribution in [0.2, 0.25) is 10.0 Å². The lowest BCUT2D eigenvalue weighted by Crippen LogP contribution is -2.42. The first-order valence-corrected chi connectivity index (χ1v) is 17.8. The van der Waals surface area contributed by atoms with Crippen LogP contribution in [0.3, 0.4) is 0 Å². The molecule has 1 saturated carbocycles. The van der Waals surface area contributed by atoms with Crippen LogP contribution < -0.4 is 18.9 Å². The number of esters is 1. The minimum atomic E-state index is -4.33. The average Bonchev–Trinajstić information content (AvgIpc) is 3.75. The van der Waals surface area contributed by atoms with Gasteiger partial charge in [0, 0.05) is 32.6 Å². The van der Waals surface area contributed by atoms with Crippen molar-refractivity contribution in [2.75, 3.05) is 34.4 Å². The maximum Gasteiger partial charge on any atom is 0.387 e. The Hall–Kier alpha value is -3.92. The van der Waals surface area contributed by atoms with Gasteiger partial charge < -0.3 is 29.1 Å². The minimum absolute atomic E-state index is 0.00554.